The van der Waals surface area contributed by atoms with Crippen molar-refractivity contribution in [3.8, 4) is 5.75 Å². The molecule has 3 aromatic carbocycles. The number of Topliss-reactive ketones (excluding diaryl/α,β-unsaturated/α-hetero) is 2. The Kier molecular flexibility index (Phi) is 14.6. The van der Waals surface area contributed by atoms with Gasteiger partial charge in [0.15, 0.2) is 0 Å². The Morgan fingerprint density at radius 3 is 1.05 bits per heavy atom. The van der Waals surface area contributed by atoms with Crippen LogP contribution in [0.1, 0.15) is 115 Å². The van der Waals surface area contributed by atoms with Crippen molar-refractivity contribution in [2.75, 3.05) is 12.3 Å². The van der Waals surface area contributed by atoms with Gasteiger partial charge in [0.25, 0.3) is 0 Å². The molecule has 5 nitrogen and oxygen atoms in total. The van der Waals surface area contributed by atoms with Crippen LogP contribution in [0.15, 0.2) is 78.9 Å². The average molecular weight is 831 g/mol. The van der Waals surface area contributed by atoms with Gasteiger partial charge in [0.1, 0.15) is 0 Å². The molecule has 0 spiro atoms. The fraction of sp³-hybridized carbons (Fsp3) is 0.524. The number of benzene rings is 3. The van der Waals surface area contributed by atoms with Crippen molar-refractivity contribution in [3.05, 3.63) is 101 Å². The molecule has 0 bridgehead atoms. The Bertz CT molecular complexity index is 1640. The molecule has 0 saturated carbocycles. The van der Waals surface area contributed by atoms with Crippen LogP contribution in [0.5, 0.6) is 5.75 Å². The van der Waals surface area contributed by atoms with Crippen molar-refractivity contribution in [2.45, 2.75) is 129 Å². The summed E-state index contributed by atoms with van der Waals surface area (Å²) < 4.78 is 107. The fourth-order valence-electron chi connectivity index (χ4n) is 9.11. The monoisotopic (exact) mass is 830 g/mol. The standard InChI is InChI=1S/C42H59BF6O5P2/c1-28(2)55(29(3)4,30(5)6,26-39(50)34-19-15-13-16-20-34)53-43(52-38-24-36(41(44,45)46)23-37(25-38)42(47,48)49)54-56(31(7)8,32(9)10,33(11)12)27-40(51)35-21-17-14-18-22-35/h13-25,28-33H,26-27H2,1-12H3. The van der Waals surface area contributed by atoms with E-state index in [1.807, 2.05) is 83.1 Å². The third-order valence-electron chi connectivity index (χ3n) is 12.7. The number of hydrogen-bond donors (Lipinski definition) is 0. The van der Waals surface area contributed by atoms with Crippen molar-refractivity contribution < 1.29 is 49.5 Å². The van der Waals surface area contributed by atoms with E-state index in [2.05, 4.69) is 0 Å². The Morgan fingerprint density at radius 1 is 0.518 bits per heavy atom. The number of carbonyl (C=O) groups excluding carboxylic acids is 2. The molecule has 56 heavy (non-hydrogen) atoms. The predicted molar refractivity (Wildman–Crippen MR) is 221 cm³/mol. The van der Waals surface area contributed by atoms with Crippen molar-refractivity contribution >= 4 is 32.5 Å². The summed E-state index contributed by atoms with van der Waals surface area (Å²) in [6.45, 7) is 14.8. The molecule has 0 aliphatic carbocycles. The molecular formula is C42H59BF6O5P2. The number of rotatable bonds is 18. The molecule has 0 fully saturated rings. The summed E-state index contributed by atoms with van der Waals surface area (Å²) in [7, 11) is -1.93. The van der Waals surface area contributed by atoms with Crippen LogP contribution in [0.2, 0.25) is 0 Å². The third kappa shape index (κ3) is 8.79. The van der Waals surface area contributed by atoms with Crippen molar-refractivity contribution in [1.29, 1.82) is 0 Å². The van der Waals surface area contributed by atoms with Crippen LogP contribution in [-0.4, -0.2) is 65.2 Å². The van der Waals surface area contributed by atoms with Gasteiger partial charge in [-0.3, -0.25) is 0 Å². The van der Waals surface area contributed by atoms with Crippen LogP contribution in [0.4, 0.5) is 26.3 Å². The zero-order valence-electron chi connectivity index (χ0n) is 34.7. The molecule has 0 heterocycles. The van der Waals surface area contributed by atoms with Crippen LogP contribution in [0.25, 0.3) is 0 Å². The van der Waals surface area contributed by atoms with E-state index in [9.17, 15) is 35.9 Å². The molecule has 0 N–H and O–H groups in total. The van der Waals surface area contributed by atoms with E-state index in [1.165, 1.54) is 0 Å². The van der Waals surface area contributed by atoms with E-state index in [0.717, 1.165) is 0 Å². The van der Waals surface area contributed by atoms with Crippen LogP contribution in [-0.2, 0) is 21.2 Å². The van der Waals surface area contributed by atoms with E-state index in [0.29, 0.717) is 23.3 Å². The van der Waals surface area contributed by atoms with Gasteiger partial charge in [0, 0.05) is 0 Å². The van der Waals surface area contributed by atoms with Gasteiger partial charge >= 0.3 is 331 Å². The predicted octanol–water partition coefficient (Wildman–Crippen LogP) is 13.3. The second-order valence-corrected chi connectivity index (χ2v) is 29.7. The number of ketones is 2. The number of carbonyl (C=O) groups is 2. The molecule has 0 radical (unpaired) electrons. The number of halogens is 6. The SMILES string of the molecule is CC(C)P(CC(=O)c1ccccc1)(OB(Oc1cc(C(F)(F)F)cc(C(F)(F)F)c1)OP(CC(=O)c1ccccc1)(C(C)C)(C(C)C)C(C)C)(C(C)C)C(C)C. The molecule has 0 aromatic heterocycles. The molecular weight excluding hydrogens is 771 g/mol. The maximum atomic E-state index is 14.4. The Hall–Kier alpha value is -2.78. The molecule has 0 amide bonds. The zero-order valence-corrected chi connectivity index (χ0v) is 36.5. The molecule has 0 unspecified atom stereocenters. The van der Waals surface area contributed by atoms with Gasteiger partial charge in [-0.1, -0.05) is 0 Å². The van der Waals surface area contributed by atoms with Crippen LogP contribution < -0.4 is 4.65 Å². The topological polar surface area (TPSA) is 61.8 Å². The Morgan fingerprint density at radius 2 is 0.804 bits per heavy atom. The summed E-state index contributed by atoms with van der Waals surface area (Å²) in [5, 5.41) is 0. The van der Waals surface area contributed by atoms with Gasteiger partial charge in [-0.15, -0.1) is 0 Å². The quantitative estimate of drug-likeness (QED) is 0.0553. The van der Waals surface area contributed by atoms with E-state index in [1.54, 1.807) is 60.7 Å². The van der Waals surface area contributed by atoms with Crippen LogP contribution in [0.3, 0.4) is 0 Å². The van der Waals surface area contributed by atoms with Crippen molar-refractivity contribution in [1.82, 2.24) is 0 Å². The summed E-state index contributed by atoms with van der Waals surface area (Å²) in [4.78, 5) is 28.8. The molecule has 14 heteroatoms. The van der Waals surface area contributed by atoms with Crippen LogP contribution in [0, 0.1) is 0 Å². The normalized spacial score (nSPS) is 14.6. The first-order valence-electron chi connectivity index (χ1n) is 19.2. The molecule has 3 rings (SSSR count). The van der Waals surface area contributed by atoms with Gasteiger partial charge in [0.2, 0.25) is 0 Å². The Balaban J connectivity index is 2.51. The first kappa shape index (κ1) is 47.6. The molecule has 0 aliphatic rings. The van der Waals surface area contributed by atoms with E-state index in [-0.39, 0.29) is 63.9 Å². The second kappa shape index (κ2) is 17.2. The molecule has 0 atom stereocenters. The second-order valence-electron chi connectivity index (χ2n) is 16.7. The number of alkyl halides is 6. The first-order valence-corrected chi connectivity index (χ1v) is 24.3. The maximum absolute atomic E-state index is 14.4. The summed E-state index contributed by atoms with van der Waals surface area (Å²) in [5.41, 5.74) is -4.50. The molecule has 0 aliphatic heterocycles. The van der Waals surface area contributed by atoms with Crippen LogP contribution >= 0.6 is 13.7 Å². The first-order chi connectivity index (χ1) is 25.7. The van der Waals surface area contributed by atoms with Gasteiger partial charge < -0.3 is 0 Å². The summed E-state index contributed by atoms with van der Waals surface area (Å²) in [5.74, 6) is -1.24. The summed E-state index contributed by atoms with van der Waals surface area (Å²) in [6.07, 6.45) is -10.5. The molecule has 312 valence electrons. The fourth-order valence-corrected chi connectivity index (χ4v) is 22.7. The van der Waals surface area contributed by atoms with Gasteiger partial charge in [-0.2, -0.15) is 0 Å². The Labute approximate surface area is 329 Å². The minimum absolute atomic E-state index is 0.0351. The number of hydrogen-bond acceptors (Lipinski definition) is 5. The van der Waals surface area contributed by atoms with Gasteiger partial charge in [0.05, 0.1) is 0 Å². The van der Waals surface area contributed by atoms with Crippen molar-refractivity contribution in [2.24, 2.45) is 0 Å². The van der Waals surface area contributed by atoms with Gasteiger partial charge in [-0.25, -0.2) is 0 Å². The van der Waals surface area contributed by atoms with E-state index in [4.69, 9.17) is 13.5 Å². The minimum atomic E-state index is -5.15. The molecule has 0 saturated heterocycles. The average Bonchev–Trinajstić information content (AvgIpc) is 3.10. The van der Waals surface area contributed by atoms with E-state index < -0.39 is 50.2 Å². The van der Waals surface area contributed by atoms with Gasteiger partial charge in [-0.05, 0) is 0 Å². The summed E-state index contributed by atoms with van der Waals surface area (Å²) >= 11 is 0. The van der Waals surface area contributed by atoms with Crippen molar-refractivity contribution in [3.63, 3.8) is 0 Å². The van der Waals surface area contributed by atoms with E-state index >= 15 is 0 Å². The third-order valence-corrected chi connectivity index (χ3v) is 30.0. The zero-order chi connectivity index (χ0) is 42.7. The summed E-state index contributed by atoms with van der Waals surface area (Å²) in [6, 6.07) is 18.3. The molecule has 3 aromatic rings.